The lowest BCUT2D eigenvalue weighted by atomic mass is 9.90. The molecule has 1 aliphatic rings. The van der Waals surface area contributed by atoms with Gasteiger partial charge in [-0.1, -0.05) is 30.3 Å². The van der Waals surface area contributed by atoms with Crippen molar-refractivity contribution in [3.8, 4) is 5.75 Å². The number of nitro groups is 1. The molecule has 1 amide bonds. The van der Waals surface area contributed by atoms with E-state index in [0.717, 1.165) is 38.2 Å². The van der Waals surface area contributed by atoms with Gasteiger partial charge >= 0.3 is 0 Å². The first-order valence-corrected chi connectivity index (χ1v) is 10.8. The van der Waals surface area contributed by atoms with Gasteiger partial charge in [0.1, 0.15) is 5.75 Å². The molecule has 9 heteroatoms. The smallest absolute Gasteiger partial charge is 0.276 e. The number of methoxy groups -OCH3 is 1. The topological polar surface area (TPSA) is 110 Å². The highest BCUT2D eigenvalue weighted by Gasteiger charge is 2.21. The number of rotatable bonds is 7. The molecule has 2 aromatic carbocycles. The Morgan fingerprint density at radius 1 is 1.12 bits per heavy atom. The third-order valence-electron chi connectivity index (χ3n) is 5.83. The van der Waals surface area contributed by atoms with Crippen molar-refractivity contribution in [1.29, 1.82) is 0 Å². The summed E-state index contributed by atoms with van der Waals surface area (Å²) < 4.78 is 5.16. The van der Waals surface area contributed by atoms with Crippen LogP contribution in [0.5, 0.6) is 5.75 Å². The Balaban J connectivity index is 1.35. The molecule has 0 radical (unpaired) electrons. The van der Waals surface area contributed by atoms with E-state index in [1.165, 1.54) is 30.9 Å². The number of carbonyl (C=O) groups is 1. The van der Waals surface area contributed by atoms with Gasteiger partial charge in [0.15, 0.2) is 11.5 Å². The molecule has 0 atom stereocenters. The number of nitrogens with one attached hydrogen (secondary N) is 1. The van der Waals surface area contributed by atoms with Gasteiger partial charge < -0.3 is 15.0 Å². The van der Waals surface area contributed by atoms with Crippen LogP contribution in [0.2, 0.25) is 0 Å². The number of nitrogens with zero attached hydrogens (tertiary/aromatic N) is 4. The van der Waals surface area contributed by atoms with Crippen molar-refractivity contribution in [2.75, 3.05) is 30.4 Å². The van der Waals surface area contributed by atoms with Gasteiger partial charge in [-0.05, 0) is 48.9 Å². The number of benzene rings is 2. The number of aromatic nitrogens is 2. The molecule has 0 saturated carbocycles. The van der Waals surface area contributed by atoms with Crippen LogP contribution in [0, 0.1) is 16.0 Å². The summed E-state index contributed by atoms with van der Waals surface area (Å²) in [5.74, 6) is 1.12. The number of hydrogen-bond acceptors (Lipinski definition) is 7. The van der Waals surface area contributed by atoms with Crippen molar-refractivity contribution in [3.05, 3.63) is 82.0 Å². The number of non-ortho nitro benzene ring substituents is 1. The van der Waals surface area contributed by atoms with Crippen LogP contribution in [0.15, 0.2) is 60.7 Å². The van der Waals surface area contributed by atoms with Crippen molar-refractivity contribution < 1.29 is 14.5 Å². The third-order valence-corrected chi connectivity index (χ3v) is 5.83. The normalized spacial score (nSPS) is 14.0. The van der Waals surface area contributed by atoms with Crippen LogP contribution >= 0.6 is 0 Å². The van der Waals surface area contributed by atoms with E-state index in [2.05, 4.69) is 44.7 Å². The van der Waals surface area contributed by atoms with Crippen molar-refractivity contribution in [2.45, 2.75) is 19.3 Å². The standard InChI is InChI=1S/C24H25N5O4/c1-33-22-16-19(29(31)32)7-8-20(22)25-24(30)21-9-10-23(27-26-21)28-13-11-18(12-14-28)15-17-5-3-2-4-6-17/h2-10,16,18H,11-15H2,1H3,(H,25,30). The zero-order chi connectivity index (χ0) is 23.2. The maximum atomic E-state index is 12.6. The quantitative estimate of drug-likeness (QED) is 0.429. The lowest BCUT2D eigenvalue weighted by Crippen LogP contribution is -2.35. The Morgan fingerprint density at radius 3 is 2.52 bits per heavy atom. The Bertz CT molecular complexity index is 1110. The van der Waals surface area contributed by atoms with Crippen LogP contribution in [-0.4, -0.2) is 41.2 Å². The predicted octanol–water partition coefficient (Wildman–Crippen LogP) is 4.10. The monoisotopic (exact) mass is 447 g/mol. The molecule has 9 nitrogen and oxygen atoms in total. The molecule has 0 spiro atoms. The zero-order valence-electron chi connectivity index (χ0n) is 18.3. The number of carbonyl (C=O) groups excluding carboxylic acids is 1. The number of ether oxygens (including phenoxy) is 1. The molecule has 1 aliphatic heterocycles. The molecule has 1 fully saturated rings. The van der Waals surface area contributed by atoms with E-state index in [-0.39, 0.29) is 17.1 Å². The van der Waals surface area contributed by atoms with Gasteiger partial charge in [0.05, 0.1) is 23.8 Å². The van der Waals surface area contributed by atoms with E-state index in [4.69, 9.17) is 4.74 Å². The van der Waals surface area contributed by atoms with E-state index < -0.39 is 10.8 Å². The molecule has 4 rings (SSSR count). The molecule has 2 heterocycles. The number of nitro benzene ring substituents is 1. The molecule has 1 aromatic heterocycles. The second-order valence-electron chi connectivity index (χ2n) is 7.99. The lowest BCUT2D eigenvalue weighted by molar-refractivity contribution is -0.384. The molecular weight excluding hydrogens is 422 g/mol. The summed E-state index contributed by atoms with van der Waals surface area (Å²) in [4.78, 5) is 25.2. The van der Waals surface area contributed by atoms with Crippen LogP contribution in [0.4, 0.5) is 17.2 Å². The van der Waals surface area contributed by atoms with E-state index in [0.29, 0.717) is 11.6 Å². The number of hydrogen-bond donors (Lipinski definition) is 1. The van der Waals surface area contributed by atoms with Gasteiger partial charge in [0.25, 0.3) is 11.6 Å². The fourth-order valence-electron chi connectivity index (χ4n) is 4.01. The molecule has 170 valence electrons. The van der Waals surface area contributed by atoms with Gasteiger partial charge in [-0.2, -0.15) is 0 Å². The number of amides is 1. The molecule has 33 heavy (non-hydrogen) atoms. The first kappa shape index (κ1) is 22.2. The SMILES string of the molecule is COc1cc([N+](=O)[O-])ccc1NC(=O)c1ccc(N2CCC(Cc3ccccc3)CC2)nn1. The van der Waals surface area contributed by atoms with Crippen LogP contribution in [0.25, 0.3) is 0 Å². The minimum Gasteiger partial charge on any atom is -0.494 e. The van der Waals surface area contributed by atoms with Gasteiger partial charge in [0, 0.05) is 19.2 Å². The Morgan fingerprint density at radius 2 is 1.88 bits per heavy atom. The molecule has 1 N–H and O–H groups in total. The molecule has 0 aliphatic carbocycles. The van der Waals surface area contributed by atoms with Gasteiger partial charge in [0.2, 0.25) is 0 Å². The first-order valence-electron chi connectivity index (χ1n) is 10.8. The maximum absolute atomic E-state index is 12.6. The van der Waals surface area contributed by atoms with Gasteiger partial charge in [-0.3, -0.25) is 14.9 Å². The van der Waals surface area contributed by atoms with E-state index in [9.17, 15) is 14.9 Å². The molecular formula is C24H25N5O4. The third kappa shape index (κ3) is 5.43. The Labute approximate surface area is 191 Å². The van der Waals surface area contributed by atoms with Crippen LogP contribution < -0.4 is 15.0 Å². The van der Waals surface area contributed by atoms with E-state index >= 15 is 0 Å². The first-order chi connectivity index (χ1) is 16.0. The van der Waals surface area contributed by atoms with Crippen molar-refractivity contribution in [3.63, 3.8) is 0 Å². The number of piperidine rings is 1. The minimum absolute atomic E-state index is 0.124. The van der Waals surface area contributed by atoms with E-state index in [1.54, 1.807) is 12.1 Å². The average molecular weight is 447 g/mol. The summed E-state index contributed by atoms with van der Waals surface area (Å²) in [5.41, 5.74) is 1.72. The van der Waals surface area contributed by atoms with E-state index in [1.807, 2.05) is 6.07 Å². The summed E-state index contributed by atoms with van der Waals surface area (Å²) in [6, 6.07) is 18.0. The fourth-order valence-corrected chi connectivity index (χ4v) is 4.01. The highest BCUT2D eigenvalue weighted by molar-refractivity contribution is 6.03. The highest BCUT2D eigenvalue weighted by Crippen LogP contribution is 2.29. The summed E-state index contributed by atoms with van der Waals surface area (Å²) in [6.07, 6.45) is 3.25. The summed E-state index contributed by atoms with van der Waals surface area (Å²) in [6.45, 7) is 1.80. The van der Waals surface area contributed by atoms with Crippen LogP contribution in [0.1, 0.15) is 28.9 Å². The summed E-state index contributed by atoms with van der Waals surface area (Å²) >= 11 is 0. The van der Waals surface area contributed by atoms with Crippen LogP contribution in [0.3, 0.4) is 0 Å². The largest absolute Gasteiger partial charge is 0.494 e. The summed E-state index contributed by atoms with van der Waals surface area (Å²) in [5, 5.41) is 21.9. The van der Waals surface area contributed by atoms with Crippen molar-refractivity contribution in [2.24, 2.45) is 5.92 Å². The summed E-state index contributed by atoms with van der Waals surface area (Å²) in [7, 11) is 1.38. The van der Waals surface area contributed by atoms with Crippen molar-refractivity contribution >= 4 is 23.1 Å². The van der Waals surface area contributed by atoms with Crippen molar-refractivity contribution in [1.82, 2.24) is 10.2 Å². The Kier molecular flexibility index (Phi) is 6.77. The second-order valence-corrected chi connectivity index (χ2v) is 7.99. The van der Waals surface area contributed by atoms with Crippen LogP contribution in [-0.2, 0) is 6.42 Å². The maximum Gasteiger partial charge on any atom is 0.276 e. The molecule has 1 saturated heterocycles. The molecule has 0 unspecified atom stereocenters. The fraction of sp³-hybridized carbons (Fsp3) is 0.292. The minimum atomic E-state index is -0.525. The zero-order valence-corrected chi connectivity index (χ0v) is 18.3. The van der Waals surface area contributed by atoms with Gasteiger partial charge in [-0.15, -0.1) is 10.2 Å². The lowest BCUT2D eigenvalue weighted by Gasteiger charge is -2.32. The average Bonchev–Trinajstić information content (AvgIpc) is 2.85. The predicted molar refractivity (Wildman–Crippen MR) is 125 cm³/mol. The highest BCUT2D eigenvalue weighted by atomic mass is 16.6. The van der Waals surface area contributed by atoms with Gasteiger partial charge in [-0.25, -0.2) is 0 Å². The Hall–Kier alpha value is -4.01. The number of anilines is 2. The molecule has 3 aromatic rings. The molecule has 0 bridgehead atoms. The second kappa shape index (κ2) is 10.1.